The van der Waals surface area contributed by atoms with Crippen molar-refractivity contribution in [2.75, 3.05) is 18.6 Å². The smallest absolute Gasteiger partial charge is 0.251 e. The molecule has 0 saturated carbocycles. The lowest BCUT2D eigenvalue weighted by Crippen LogP contribution is -2.42. The number of phenols is 1. The Hall–Kier alpha value is -0.720. The third-order valence-electron chi connectivity index (χ3n) is 2.29. The summed E-state index contributed by atoms with van der Waals surface area (Å²) in [5.74, 6) is 0.233. The van der Waals surface area contributed by atoms with Crippen molar-refractivity contribution in [2.24, 2.45) is 0 Å². The molecule has 0 aliphatic rings. The summed E-state index contributed by atoms with van der Waals surface area (Å²) in [5, 5.41) is 22.0. The third kappa shape index (κ3) is 4.51. The molecule has 1 unspecified atom stereocenters. The fourth-order valence-electron chi connectivity index (χ4n) is 1.39. The molecule has 0 bridgehead atoms. The zero-order chi connectivity index (χ0) is 13.8. The second-order valence-electron chi connectivity index (χ2n) is 4.28. The van der Waals surface area contributed by atoms with Gasteiger partial charge in [0.15, 0.2) is 0 Å². The quantitative estimate of drug-likeness (QED) is 0.770. The highest BCUT2D eigenvalue weighted by atomic mass is 79.9. The van der Waals surface area contributed by atoms with Gasteiger partial charge in [-0.05, 0) is 47.3 Å². The van der Waals surface area contributed by atoms with Crippen LogP contribution in [-0.2, 0) is 0 Å². The van der Waals surface area contributed by atoms with Gasteiger partial charge in [0.25, 0.3) is 5.91 Å². The van der Waals surface area contributed by atoms with Gasteiger partial charge in [0.05, 0.1) is 10.1 Å². The number of hydrogen-bond donors (Lipinski definition) is 3. The normalized spacial score (nSPS) is 14.0. The Morgan fingerprint density at radius 3 is 2.78 bits per heavy atom. The lowest BCUT2D eigenvalue weighted by atomic mass is 10.1. The lowest BCUT2D eigenvalue weighted by Gasteiger charge is -2.22. The first-order valence-corrected chi connectivity index (χ1v) is 7.52. The minimum absolute atomic E-state index is 0.0125. The van der Waals surface area contributed by atoms with Gasteiger partial charge in [-0.15, -0.1) is 0 Å². The van der Waals surface area contributed by atoms with E-state index in [2.05, 4.69) is 21.2 Å². The molecule has 0 aromatic heterocycles. The van der Waals surface area contributed by atoms with E-state index in [9.17, 15) is 15.0 Å². The monoisotopic (exact) mass is 333 g/mol. The number of benzene rings is 1. The van der Waals surface area contributed by atoms with Gasteiger partial charge in [0, 0.05) is 17.9 Å². The number of carbonyl (C=O) groups excluding carboxylic acids is 1. The first-order valence-electron chi connectivity index (χ1n) is 5.34. The van der Waals surface area contributed by atoms with E-state index in [1.165, 1.54) is 17.8 Å². The second-order valence-corrected chi connectivity index (χ2v) is 6.00. The molecule has 6 heteroatoms. The number of carbonyl (C=O) groups is 1. The van der Waals surface area contributed by atoms with E-state index in [1.807, 2.05) is 6.26 Å². The van der Waals surface area contributed by atoms with Crippen molar-refractivity contribution in [3.63, 3.8) is 0 Å². The summed E-state index contributed by atoms with van der Waals surface area (Å²) in [6.45, 7) is 1.84. The molecule has 0 spiro atoms. The van der Waals surface area contributed by atoms with Crippen molar-refractivity contribution in [3.05, 3.63) is 28.2 Å². The molecule has 0 fully saturated rings. The van der Waals surface area contributed by atoms with E-state index in [4.69, 9.17) is 0 Å². The van der Waals surface area contributed by atoms with Crippen LogP contribution in [0.25, 0.3) is 0 Å². The number of nitrogens with one attached hydrogen (secondary N) is 1. The Morgan fingerprint density at radius 1 is 1.56 bits per heavy atom. The molecule has 0 radical (unpaired) electrons. The molecule has 0 aliphatic carbocycles. The fraction of sp³-hybridized carbons (Fsp3) is 0.417. The Balaban J connectivity index is 2.63. The Labute approximate surface area is 119 Å². The number of amides is 1. The summed E-state index contributed by atoms with van der Waals surface area (Å²) in [4.78, 5) is 11.8. The number of aromatic hydroxyl groups is 1. The van der Waals surface area contributed by atoms with Crippen LogP contribution in [0.1, 0.15) is 17.3 Å². The van der Waals surface area contributed by atoms with Gasteiger partial charge >= 0.3 is 0 Å². The molecule has 0 aliphatic heterocycles. The largest absolute Gasteiger partial charge is 0.507 e. The van der Waals surface area contributed by atoms with Gasteiger partial charge in [-0.3, -0.25) is 4.79 Å². The van der Waals surface area contributed by atoms with Crippen molar-refractivity contribution in [1.29, 1.82) is 0 Å². The van der Waals surface area contributed by atoms with Crippen LogP contribution >= 0.6 is 27.7 Å². The molecule has 18 heavy (non-hydrogen) atoms. The molecular weight excluding hydrogens is 318 g/mol. The van der Waals surface area contributed by atoms with Crippen LogP contribution in [0.15, 0.2) is 22.7 Å². The van der Waals surface area contributed by atoms with E-state index < -0.39 is 5.60 Å². The maximum absolute atomic E-state index is 11.8. The summed E-state index contributed by atoms with van der Waals surface area (Å²) in [6, 6.07) is 4.58. The zero-order valence-electron chi connectivity index (χ0n) is 10.2. The summed E-state index contributed by atoms with van der Waals surface area (Å²) >= 11 is 4.66. The Bertz CT molecular complexity index is 437. The molecule has 0 saturated heterocycles. The Morgan fingerprint density at radius 2 is 2.22 bits per heavy atom. The molecule has 3 N–H and O–H groups in total. The molecule has 4 nitrogen and oxygen atoms in total. The zero-order valence-corrected chi connectivity index (χ0v) is 12.6. The van der Waals surface area contributed by atoms with Gasteiger partial charge < -0.3 is 15.5 Å². The highest BCUT2D eigenvalue weighted by molar-refractivity contribution is 9.10. The summed E-state index contributed by atoms with van der Waals surface area (Å²) < 4.78 is 0.536. The van der Waals surface area contributed by atoms with Gasteiger partial charge in [0.2, 0.25) is 0 Å². The highest BCUT2D eigenvalue weighted by Crippen LogP contribution is 2.24. The minimum Gasteiger partial charge on any atom is -0.507 e. The molecule has 1 rings (SSSR count). The van der Waals surface area contributed by atoms with Crippen LogP contribution < -0.4 is 5.32 Å². The van der Waals surface area contributed by atoms with Crippen molar-refractivity contribution in [2.45, 2.75) is 12.5 Å². The first kappa shape index (κ1) is 15.3. The molecule has 1 aromatic carbocycles. The number of thioether (sulfide) groups is 1. The maximum atomic E-state index is 11.8. The SMILES string of the molecule is CSCC(C)(O)CNC(=O)c1ccc(Br)c(O)c1. The topological polar surface area (TPSA) is 69.6 Å². The van der Waals surface area contributed by atoms with Crippen LogP contribution in [0.3, 0.4) is 0 Å². The van der Waals surface area contributed by atoms with Gasteiger partial charge in [-0.25, -0.2) is 0 Å². The van der Waals surface area contributed by atoms with E-state index in [-0.39, 0.29) is 18.2 Å². The summed E-state index contributed by atoms with van der Waals surface area (Å²) in [5.41, 5.74) is -0.581. The number of phenolic OH excluding ortho intramolecular Hbond substituents is 1. The van der Waals surface area contributed by atoms with E-state index in [0.717, 1.165) is 0 Å². The predicted molar refractivity (Wildman–Crippen MR) is 77.1 cm³/mol. The number of aliphatic hydroxyl groups is 1. The average molecular weight is 334 g/mol. The van der Waals surface area contributed by atoms with E-state index >= 15 is 0 Å². The van der Waals surface area contributed by atoms with Gasteiger partial charge in [0.1, 0.15) is 5.75 Å². The van der Waals surface area contributed by atoms with Gasteiger partial charge in [-0.1, -0.05) is 0 Å². The van der Waals surface area contributed by atoms with Crippen molar-refractivity contribution >= 4 is 33.6 Å². The molecule has 0 heterocycles. The number of hydrogen-bond acceptors (Lipinski definition) is 4. The second kappa shape index (κ2) is 6.45. The highest BCUT2D eigenvalue weighted by Gasteiger charge is 2.20. The van der Waals surface area contributed by atoms with Crippen LogP contribution in [0.4, 0.5) is 0 Å². The maximum Gasteiger partial charge on any atom is 0.251 e. The third-order valence-corrected chi connectivity index (χ3v) is 3.87. The molecule has 1 amide bonds. The molecular formula is C12H16BrNO3S. The number of halogens is 1. The predicted octanol–water partition coefficient (Wildman–Crippen LogP) is 2.00. The van der Waals surface area contributed by atoms with Crippen LogP contribution in [0, 0.1) is 0 Å². The van der Waals surface area contributed by atoms with E-state index in [0.29, 0.717) is 15.8 Å². The van der Waals surface area contributed by atoms with Crippen LogP contribution in [0.5, 0.6) is 5.75 Å². The first-order chi connectivity index (χ1) is 8.35. The van der Waals surface area contributed by atoms with E-state index in [1.54, 1.807) is 19.1 Å². The summed E-state index contributed by atoms with van der Waals surface area (Å²) in [7, 11) is 0. The van der Waals surface area contributed by atoms with Crippen molar-refractivity contribution in [1.82, 2.24) is 5.32 Å². The number of rotatable bonds is 5. The van der Waals surface area contributed by atoms with Crippen LogP contribution in [-0.4, -0.2) is 40.3 Å². The lowest BCUT2D eigenvalue weighted by molar-refractivity contribution is 0.0725. The van der Waals surface area contributed by atoms with Gasteiger partial charge in [-0.2, -0.15) is 11.8 Å². The molecule has 100 valence electrons. The summed E-state index contributed by atoms with van der Waals surface area (Å²) in [6.07, 6.45) is 1.89. The Kier molecular flexibility index (Phi) is 5.49. The molecule has 1 atom stereocenters. The van der Waals surface area contributed by atoms with Crippen LogP contribution in [0.2, 0.25) is 0 Å². The minimum atomic E-state index is -0.938. The van der Waals surface area contributed by atoms with Crippen molar-refractivity contribution < 1.29 is 15.0 Å². The molecule has 1 aromatic rings. The standard InChI is InChI=1S/C12H16BrNO3S/c1-12(17,7-18-2)6-14-11(16)8-3-4-9(13)10(15)5-8/h3-5,15,17H,6-7H2,1-2H3,(H,14,16). The fourth-order valence-corrected chi connectivity index (χ4v) is 2.36. The average Bonchev–Trinajstić information content (AvgIpc) is 2.30. The van der Waals surface area contributed by atoms with Crippen molar-refractivity contribution in [3.8, 4) is 5.75 Å².